The van der Waals surface area contributed by atoms with Gasteiger partial charge in [0, 0.05) is 0 Å². The Balaban J connectivity index is 2.47. The smallest absolute Gasteiger partial charge is 0.426 e. The van der Waals surface area contributed by atoms with Gasteiger partial charge in [0.15, 0.2) is 0 Å². The Hall–Kier alpha value is -2.31. The molecule has 7 nitrogen and oxygen atoms in total. The summed E-state index contributed by atoms with van der Waals surface area (Å²) in [7, 11) is 0. The minimum absolute atomic E-state index is 0.0494. The van der Waals surface area contributed by atoms with E-state index in [2.05, 4.69) is 15.8 Å². The molecule has 0 fully saturated rings. The van der Waals surface area contributed by atoms with Gasteiger partial charge in [-0.2, -0.15) is 0 Å². The molecule has 0 spiro atoms. The molecule has 98 valence electrons. The molecule has 7 heteroatoms. The summed E-state index contributed by atoms with van der Waals surface area (Å²) in [5.74, 6) is -0.660. The molecule has 0 bridgehead atoms. The van der Waals surface area contributed by atoms with Crippen LogP contribution >= 0.6 is 0 Å². The fourth-order valence-electron chi connectivity index (χ4n) is 0.996. The van der Waals surface area contributed by atoms with Crippen molar-refractivity contribution in [2.24, 2.45) is 0 Å². The lowest BCUT2D eigenvalue weighted by atomic mass is 10.2. The normalized spacial score (nSPS) is 10.6. The van der Waals surface area contributed by atoms with Gasteiger partial charge in [0.2, 0.25) is 0 Å². The number of rotatable bonds is 1. The summed E-state index contributed by atoms with van der Waals surface area (Å²) in [4.78, 5) is 26.4. The van der Waals surface area contributed by atoms with Crippen LogP contribution in [0.25, 0.3) is 0 Å². The van der Waals surface area contributed by atoms with E-state index < -0.39 is 17.6 Å². The zero-order valence-electron chi connectivity index (χ0n) is 10.4. The summed E-state index contributed by atoms with van der Waals surface area (Å²) >= 11 is 0. The van der Waals surface area contributed by atoms with Crippen molar-refractivity contribution in [1.29, 1.82) is 0 Å². The summed E-state index contributed by atoms with van der Waals surface area (Å²) in [6.45, 7) is 5.11. The number of hydrazine groups is 1. The van der Waals surface area contributed by atoms with Crippen molar-refractivity contribution >= 4 is 12.0 Å². The minimum Gasteiger partial charge on any atom is -0.506 e. The monoisotopic (exact) mass is 253 g/mol. The third-order valence-corrected chi connectivity index (χ3v) is 1.66. The third-order valence-electron chi connectivity index (χ3n) is 1.66. The first-order valence-electron chi connectivity index (χ1n) is 5.22. The van der Waals surface area contributed by atoms with Crippen LogP contribution in [0.15, 0.2) is 18.3 Å². The first-order chi connectivity index (χ1) is 8.28. The molecule has 0 saturated carbocycles. The van der Waals surface area contributed by atoms with E-state index in [0.29, 0.717) is 0 Å². The number of nitrogens with one attached hydrogen (secondary N) is 2. The molecule has 0 aliphatic heterocycles. The second-order valence-corrected chi connectivity index (χ2v) is 4.48. The van der Waals surface area contributed by atoms with Crippen LogP contribution in [0, 0.1) is 0 Å². The topological polar surface area (TPSA) is 101 Å². The standard InChI is InChI=1S/C11H15N3O4/c1-11(2,3)18-10(17)14-13-9(16)8-5-4-7(15)6-12-8/h4-6,15H,1-3H3,(H,13,16)(H,14,17). The van der Waals surface area contributed by atoms with Gasteiger partial charge in [-0.15, -0.1) is 0 Å². The largest absolute Gasteiger partial charge is 0.506 e. The maximum atomic E-state index is 11.5. The second-order valence-electron chi connectivity index (χ2n) is 4.48. The van der Waals surface area contributed by atoms with E-state index in [4.69, 9.17) is 9.84 Å². The Bertz CT molecular complexity index is 437. The summed E-state index contributed by atoms with van der Waals surface area (Å²) in [6.07, 6.45) is 0.359. The van der Waals surface area contributed by atoms with Gasteiger partial charge in [-0.25, -0.2) is 15.2 Å². The molecule has 0 unspecified atom stereocenters. The number of aromatic nitrogens is 1. The van der Waals surface area contributed by atoms with Gasteiger partial charge in [0.1, 0.15) is 17.0 Å². The molecule has 1 heterocycles. The second kappa shape index (κ2) is 5.35. The molecule has 0 radical (unpaired) electrons. The third kappa shape index (κ3) is 4.69. The predicted octanol–water partition coefficient (Wildman–Crippen LogP) is 0.957. The fourth-order valence-corrected chi connectivity index (χ4v) is 0.996. The van der Waals surface area contributed by atoms with E-state index in [1.165, 1.54) is 12.1 Å². The summed E-state index contributed by atoms with van der Waals surface area (Å²) in [6, 6.07) is 2.64. The SMILES string of the molecule is CC(C)(C)OC(=O)NNC(=O)c1ccc(O)cn1. The number of hydrogen-bond acceptors (Lipinski definition) is 5. The van der Waals surface area contributed by atoms with Crippen molar-refractivity contribution in [3.63, 3.8) is 0 Å². The number of carbonyl (C=O) groups is 2. The summed E-state index contributed by atoms with van der Waals surface area (Å²) < 4.78 is 4.92. The van der Waals surface area contributed by atoms with Gasteiger partial charge < -0.3 is 9.84 Å². The van der Waals surface area contributed by atoms with Gasteiger partial charge in [0.25, 0.3) is 5.91 Å². The minimum atomic E-state index is -0.769. The Kier molecular flexibility index (Phi) is 4.09. The number of aromatic hydroxyl groups is 1. The molecule has 0 aliphatic carbocycles. The Morgan fingerprint density at radius 3 is 2.44 bits per heavy atom. The maximum absolute atomic E-state index is 11.5. The zero-order valence-corrected chi connectivity index (χ0v) is 10.4. The molecule has 1 aromatic rings. The van der Waals surface area contributed by atoms with E-state index in [1.54, 1.807) is 20.8 Å². The van der Waals surface area contributed by atoms with Crippen LogP contribution in [-0.2, 0) is 4.74 Å². The van der Waals surface area contributed by atoms with Crippen LogP contribution in [0.1, 0.15) is 31.3 Å². The Morgan fingerprint density at radius 1 is 1.28 bits per heavy atom. The Morgan fingerprint density at radius 2 is 1.94 bits per heavy atom. The Labute approximate surface area is 104 Å². The number of nitrogens with zero attached hydrogens (tertiary/aromatic N) is 1. The van der Waals surface area contributed by atoms with Crippen molar-refractivity contribution < 1.29 is 19.4 Å². The molecule has 1 aromatic heterocycles. The first-order valence-corrected chi connectivity index (χ1v) is 5.22. The van der Waals surface area contributed by atoms with Crippen molar-refractivity contribution in [2.75, 3.05) is 0 Å². The predicted molar refractivity (Wildman–Crippen MR) is 62.7 cm³/mol. The van der Waals surface area contributed by atoms with Crippen LogP contribution in [0.5, 0.6) is 5.75 Å². The van der Waals surface area contributed by atoms with E-state index >= 15 is 0 Å². The molecule has 2 amide bonds. The zero-order chi connectivity index (χ0) is 13.8. The van der Waals surface area contributed by atoms with E-state index in [1.807, 2.05) is 0 Å². The number of pyridine rings is 1. The lowest BCUT2D eigenvalue weighted by Crippen LogP contribution is -2.44. The lowest BCUT2D eigenvalue weighted by Gasteiger charge is -2.19. The molecule has 0 saturated heterocycles. The highest BCUT2D eigenvalue weighted by molar-refractivity contribution is 5.93. The van der Waals surface area contributed by atoms with Crippen LogP contribution in [0.4, 0.5) is 4.79 Å². The number of carbonyl (C=O) groups excluding carboxylic acids is 2. The molecular weight excluding hydrogens is 238 g/mol. The lowest BCUT2D eigenvalue weighted by molar-refractivity contribution is 0.0483. The number of hydrogen-bond donors (Lipinski definition) is 3. The molecule has 0 aliphatic rings. The van der Waals surface area contributed by atoms with Crippen LogP contribution < -0.4 is 10.9 Å². The van der Waals surface area contributed by atoms with Gasteiger partial charge in [-0.05, 0) is 32.9 Å². The molecule has 1 rings (SSSR count). The van der Waals surface area contributed by atoms with Crippen LogP contribution in [0.2, 0.25) is 0 Å². The van der Waals surface area contributed by atoms with Crippen LogP contribution in [0.3, 0.4) is 0 Å². The first kappa shape index (κ1) is 13.8. The van der Waals surface area contributed by atoms with Crippen molar-refractivity contribution in [3.8, 4) is 5.75 Å². The highest BCUT2D eigenvalue weighted by Gasteiger charge is 2.16. The molecular formula is C11H15N3O4. The molecule has 3 N–H and O–H groups in total. The molecule has 18 heavy (non-hydrogen) atoms. The quantitative estimate of drug-likeness (QED) is 0.647. The number of amides is 2. The van der Waals surface area contributed by atoms with Crippen molar-refractivity contribution in [1.82, 2.24) is 15.8 Å². The van der Waals surface area contributed by atoms with E-state index in [0.717, 1.165) is 6.20 Å². The van der Waals surface area contributed by atoms with E-state index in [-0.39, 0.29) is 11.4 Å². The fraction of sp³-hybridized carbons (Fsp3) is 0.364. The van der Waals surface area contributed by atoms with Gasteiger partial charge in [0.05, 0.1) is 6.20 Å². The van der Waals surface area contributed by atoms with Crippen molar-refractivity contribution in [2.45, 2.75) is 26.4 Å². The highest BCUT2D eigenvalue weighted by atomic mass is 16.6. The van der Waals surface area contributed by atoms with Crippen molar-refractivity contribution in [3.05, 3.63) is 24.0 Å². The summed E-state index contributed by atoms with van der Waals surface area (Å²) in [5, 5.41) is 9.00. The molecule has 0 atom stereocenters. The maximum Gasteiger partial charge on any atom is 0.426 e. The highest BCUT2D eigenvalue weighted by Crippen LogP contribution is 2.06. The van der Waals surface area contributed by atoms with Crippen LogP contribution in [-0.4, -0.2) is 27.7 Å². The summed E-state index contributed by atoms with van der Waals surface area (Å²) in [5.41, 5.74) is 3.63. The average molecular weight is 253 g/mol. The van der Waals surface area contributed by atoms with Gasteiger partial charge in [-0.1, -0.05) is 0 Å². The van der Waals surface area contributed by atoms with E-state index in [9.17, 15) is 9.59 Å². The number of ether oxygens (including phenoxy) is 1. The molecule has 0 aromatic carbocycles. The van der Waals surface area contributed by atoms with Gasteiger partial charge >= 0.3 is 6.09 Å². The average Bonchev–Trinajstić information content (AvgIpc) is 2.24. The van der Waals surface area contributed by atoms with Gasteiger partial charge in [-0.3, -0.25) is 10.2 Å².